The van der Waals surface area contributed by atoms with Gasteiger partial charge in [0.1, 0.15) is 6.61 Å². The summed E-state index contributed by atoms with van der Waals surface area (Å²) in [6.07, 6.45) is -1.05. The Labute approximate surface area is 211 Å². The van der Waals surface area contributed by atoms with E-state index in [-0.39, 0.29) is 19.3 Å². The normalized spacial score (nSPS) is 16.7. The van der Waals surface area contributed by atoms with E-state index in [2.05, 4.69) is 0 Å². The number of hydrogen-bond donors (Lipinski definition) is 0. The Bertz CT molecular complexity index is 1030. The maximum absolute atomic E-state index is 14.0. The molecule has 8 heteroatoms. The Morgan fingerprint density at radius 3 is 2.31 bits per heavy atom. The minimum atomic E-state index is -0.824. The van der Waals surface area contributed by atoms with Crippen molar-refractivity contribution < 1.29 is 23.9 Å². The Kier molecular flexibility index (Phi) is 8.43. The van der Waals surface area contributed by atoms with Crippen LogP contribution in [-0.4, -0.2) is 58.7 Å². The minimum Gasteiger partial charge on any atom is -0.447 e. The van der Waals surface area contributed by atoms with E-state index in [1.807, 2.05) is 51.1 Å². The lowest BCUT2D eigenvalue weighted by molar-refractivity contribution is -0.131. The number of cyclic esters (lactones) is 1. The molecular formula is C27H33ClN2O5. The summed E-state index contributed by atoms with van der Waals surface area (Å²) in [6.45, 7) is 9.31. The highest BCUT2D eigenvalue weighted by molar-refractivity contribution is 6.30. The van der Waals surface area contributed by atoms with Crippen molar-refractivity contribution in [3.63, 3.8) is 0 Å². The summed E-state index contributed by atoms with van der Waals surface area (Å²) in [5, 5.41) is 0.523. The van der Waals surface area contributed by atoms with Crippen LogP contribution in [0.15, 0.2) is 54.6 Å². The molecule has 0 N–H and O–H groups in total. The van der Waals surface area contributed by atoms with Gasteiger partial charge in [0.2, 0.25) is 5.91 Å². The Balaban J connectivity index is 1.96. The lowest BCUT2D eigenvalue weighted by Crippen LogP contribution is -2.51. The quantitative estimate of drug-likeness (QED) is 0.490. The highest BCUT2D eigenvalue weighted by Crippen LogP contribution is 2.29. The lowest BCUT2D eigenvalue weighted by Gasteiger charge is -2.38. The van der Waals surface area contributed by atoms with Crippen molar-refractivity contribution in [1.29, 1.82) is 0 Å². The number of imide groups is 1. The van der Waals surface area contributed by atoms with Gasteiger partial charge in [0.25, 0.3) is 0 Å². The number of hydrogen-bond acceptors (Lipinski definition) is 5. The summed E-state index contributed by atoms with van der Waals surface area (Å²) in [7, 11) is 0. The van der Waals surface area contributed by atoms with Crippen LogP contribution in [-0.2, 0) is 20.7 Å². The average Bonchev–Trinajstić information content (AvgIpc) is 3.14. The fraction of sp³-hybridized carbons (Fsp3) is 0.444. The van der Waals surface area contributed by atoms with Crippen molar-refractivity contribution in [2.45, 2.75) is 64.6 Å². The topological polar surface area (TPSA) is 76.2 Å². The molecule has 1 aliphatic heterocycles. The summed E-state index contributed by atoms with van der Waals surface area (Å²) in [5.74, 6) is -1.25. The van der Waals surface area contributed by atoms with E-state index in [9.17, 15) is 14.4 Å². The molecule has 0 radical (unpaired) electrons. The van der Waals surface area contributed by atoms with Crippen LogP contribution in [0.5, 0.6) is 0 Å². The lowest BCUT2D eigenvalue weighted by atomic mass is 9.93. The van der Waals surface area contributed by atoms with Crippen molar-refractivity contribution in [3.05, 3.63) is 70.7 Å². The second kappa shape index (κ2) is 11.1. The molecule has 0 unspecified atom stereocenters. The molecule has 0 saturated carbocycles. The second-order valence-electron chi connectivity index (χ2n) is 9.95. The molecule has 0 aliphatic carbocycles. The molecule has 2 aromatic rings. The maximum atomic E-state index is 14.0. The van der Waals surface area contributed by atoms with Gasteiger partial charge < -0.3 is 14.4 Å². The third-order valence-corrected chi connectivity index (χ3v) is 6.07. The molecule has 1 heterocycles. The van der Waals surface area contributed by atoms with Gasteiger partial charge in [-0.1, -0.05) is 54.1 Å². The first kappa shape index (κ1) is 26.5. The van der Waals surface area contributed by atoms with Crippen molar-refractivity contribution in [1.82, 2.24) is 9.80 Å². The fourth-order valence-electron chi connectivity index (χ4n) is 4.03. The molecule has 2 aromatic carbocycles. The van der Waals surface area contributed by atoms with E-state index in [0.29, 0.717) is 17.0 Å². The smallest absolute Gasteiger partial charge is 0.417 e. The number of halogens is 1. The molecule has 0 aromatic heterocycles. The van der Waals surface area contributed by atoms with Crippen LogP contribution in [0.25, 0.3) is 0 Å². The van der Waals surface area contributed by atoms with Gasteiger partial charge in [-0.25, -0.2) is 14.5 Å². The molecule has 3 rings (SSSR count). The van der Waals surface area contributed by atoms with Gasteiger partial charge >= 0.3 is 12.2 Å². The van der Waals surface area contributed by atoms with Crippen LogP contribution < -0.4 is 0 Å². The fourth-order valence-corrected chi connectivity index (χ4v) is 4.15. The van der Waals surface area contributed by atoms with E-state index >= 15 is 0 Å². The highest BCUT2D eigenvalue weighted by atomic mass is 35.5. The van der Waals surface area contributed by atoms with Crippen molar-refractivity contribution in [3.8, 4) is 0 Å². The molecule has 1 saturated heterocycles. The van der Waals surface area contributed by atoms with Gasteiger partial charge in [0.05, 0.1) is 18.1 Å². The number of carbonyl (C=O) groups is 3. The maximum Gasteiger partial charge on any atom is 0.417 e. The van der Waals surface area contributed by atoms with Gasteiger partial charge in [-0.15, -0.1) is 0 Å². The van der Waals surface area contributed by atoms with Gasteiger partial charge in [-0.05, 0) is 64.3 Å². The number of carbonyl (C=O) groups excluding carboxylic acids is 3. The summed E-state index contributed by atoms with van der Waals surface area (Å²) in [5.41, 5.74) is 1.00. The number of rotatable bonds is 7. The summed E-state index contributed by atoms with van der Waals surface area (Å²) >= 11 is 6.09. The second-order valence-corrected chi connectivity index (χ2v) is 10.4. The average molecular weight is 501 g/mol. The first-order valence-corrected chi connectivity index (χ1v) is 12.1. The third-order valence-electron chi connectivity index (χ3n) is 5.81. The summed E-state index contributed by atoms with van der Waals surface area (Å²) in [6, 6.07) is 16.1. The number of nitrogens with zero attached hydrogens (tertiary/aromatic N) is 2. The zero-order chi connectivity index (χ0) is 25.8. The van der Waals surface area contributed by atoms with E-state index in [1.165, 1.54) is 9.80 Å². The predicted molar refractivity (Wildman–Crippen MR) is 134 cm³/mol. The molecule has 35 heavy (non-hydrogen) atoms. The minimum absolute atomic E-state index is 0.0252. The molecule has 3 amide bonds. The molecule has 0 spiro atoms. The molecule has 7 nitrogen and oxygen atoms in total. The Hall–Kier alpha value is -3.06. The molecule has 1 fully saturated rings. The zero-order valence-corrected chi connectivity index (χ0v) is 21.6. The Morgan fingerprint density at radius 2 is 1.74 bits per heavy atom. The molecular weight excluding hydrogens is 468 g/mol. The first-order valence-electron chi connectivity index (χ1n) is 11.7. The van der Waals surface area contributed by atoms with Crippen LogP contribution >= 0.6 is 11.6 Å². The van der Waals surface area contributed by atoms with Gasteiger partial charge in [-0.3, -0.25) is 4.79 Å². The largest absolute Gasteiger partial charge is 0.447 e. The van der Waals surface area contributed by atoms with Gasteiger partial charge in [-0.2, -0.15) is 0 Å². The Morgan fingerprint density at radius 1 is 1.11 bits per heavy atom. The zero-order valence-electron chi connectivity index (χ0n) is 20.9. The van der Waals surface area contributed by atoms with Crippen molar-refractivity contribution in [2.75, 3.05) is 13.2 Å². The van der Waals surface area contributed by atoms with E-state index in [4.69, 9.17) is 21.1 Å². The molecule has 0 bridgehead atoms. The van der Waals surface area contributed by atoms with E-state index in [1.54, 1.807) is 38.1 Å². The molecule has 2 atom stereocenters. The van der Waals surface area contributed by atoms with Crippen LogP contribution in [0, 0.1) is 0 Å². The van der Waals surface area contributed by atoms with Crippen molar-refractivity contribution in [2.24, 2.45) is 0 Å². The van der Waals surface area contributed by atoms with Crippen LogP contribution in [0.3, 0.4) is 0 Å². The number of benzene rings is 2. The van der Waals surface area contributed by atoms with Gasteiger partial charge in [0, 0.05) is 17.1 Å². The molecule has 1 aliphatic rings. The first-order chi connectivity index (χ1) is 16.5. The molecule has 188 valence electrons. The monoisotopic (exact) mass is 500 g/mol. The summed E-state index contributed by atoms with van der Waals surface area (Å²) in [4.78, 5) is 42.4. The van der Waals surface area contributed by atoms with Crippen molar-refractivity contribution >= 4 is 29.7 Å². The SMILES string of the molecule is CC(C)OC(=O)N(C[C@@H](C(=O)N1C(=O)OC[C@@H]1Cc1ccccc1)c1ccc(Cl)cc1)C(C)(C)C. The standard InChI is InChI=1S/C27H33ClN2O5/c1-18(2)35-25(32)29(27(3,4)5)16-23(20-11-13-21(28)14-12-20)24(31)30-22(17-34-26(30)33)15-19-9-7-6-8-10-19/h6-14,18,22-23H,15-17H2,1-5H3/t22-,23+/m0/s1. The highest BCUT2D eigenvalue weighted by Gasteiger charge is 2.43. The van der Waals surface area contributed by atoms with Crippen LogP contribution in [0.1, 0.15) is 51.7 Å². The predicted octanol–water partition coefficient (Wildman–Crippen LogP) is 5.66. The van der Waals surface area contributed by atoms with Crippen LogP contribution in [0.4, 0.5) is 9.59 Å². The number of amides is 3. The number of ether oxygens (including phenoxy) is 2. The van der Waals surface area contributed by atoms with E-state index < -0.39 is 35.6 Å². The van der Waals surface area contributed by atoms with Gasteiger partial charge in [0.15, 0.2) is 0 Å². The third kappa shape index (κ3) is 6.75. The van der Waals surface area contributed by atoms with Crippen LogP contribution in [0.2, 0.25) is 5.02 Å². The summed E-state index contributed by atoms with van der Waals surface area (Å²) < 4.78 is 10.8. The van der Waals surface area contributed by atoms with E-state index in [0.717, 1.165) is 5.56 Å².